The van der Waals surface area contributed by atoms with Crippen LogP contribution < -0.4 is 5.73 Å². The molecule has 1 amide bonds. The summed E-state index contributed by atoms with van der Waals surface area (Å²) in [5.74, 6) is 0.231. The molecule has 4 heteroatoms. The van der Waals surface area contributed by atoms with Crippen LogP contribution >= 0.6 is 0 Å². The maximum Gasteiger partial charge on any atom is 0.224 e. The van der Waals surface area contributed by atoms with E-state index in [1.54, 1.807) is 0 Å². The third kappa shape index (κ3) is 2.38. The molecule has 92 valence electrons. The van der Waals surface area contributed by atoms with Gasteiger partial charge in [0, 0.05) is 37.6 Å². The molecule has 2 fully saturated rings. The lowest BCUT2D eigenvalue weighted by molar-refractivity contribution is -0.137. The first-order valence-electron chi connectivity index (χ1n) is 6.37. The van der Waals surface area contributed by atoms with Crippen molar-refractivity contribution in [1.29, 1.82) is 0 Å². The van der Waals surface area contributed by atoms with Crippen LogP contribution in [0.5, 0.6) is 0 Å². The smallest absolute Gasteiger partial charge is 0.224 e. The quantitative estimate of drug-likeness (QED) is 0.741. The van der Waals surface area contributed by atoms with Gasteiger partial charge in [0.05, 0.1) is 0 Å². The molecule has 0 saturated carbocycles. The van der Waals surface area contributed by atoms with E-state index >= 15 is 0 Å². The number of carbonyl (C=O) groups is 1. The van der Waals surface area contributed by atoms with Gasteiger partial charge in [-0.2, -0.15) is 0 Å². The molecule has 2 saturated heterocycles. The highest BCUT2D eigenvalue weighted by Gasteiger charge is 2.36. The van der Waals surface area contributed by atoms with Crippen molar-refractivity contribution >= 4 is 5.91 Å². The fourth-order valence-electron chi connectivity index (χ4n) is 2.93. The Bertz CT molecular complexity index is 267. The van der Waals surface area contributed by atoms with Crippen LogP contribution in [-0.2, 0) is 4.79 Å². The van der Waals surface area contributed by atoms with E-state index in [0.717, 1.165) is 13.1 Å². The van der Waals surface area contributed by atoms with Crippen molar-refractivity contribution in [3.63, 3.8) is 0 Å². The zero-order valence-electron chi connectivity index (χ0n) is 10.4. The Morgan fingerprint density at radius 1 is 1.50 bits per heavy atom. The van der Waals surface area contributed by atoms with Crippen molar-refractivity contribution in [1.82, 2.24) is 9.80 Å². The van der Waals surface area contributed by atoms with Crippen LogP contribution in [0.2, 0.25) is 0 Å². The van der Waals surface area contributed by atoms with Crippen molar-refractivity contribution in [3.05, 3.63) is 0 Å². The molecule has 2 heterocycles. The lowest BCUT2D eigenvalue weighted by atomic mass is 10.1. The van der Waals surface area contributed by atoms with E-state index in [2.05, 4.69) is 11.8 Å². The molecule has 0 aromatic carbocycles. The van der Waals surface area contributed by atoms with Crippen molar-refractivity contribution < 1.29 is 4.79 Å². The van der Waals surface area contributed by atoms with Crippen LogP contribution in [0.25, 0.3) is 0 Å². The van der Waals surface area contributed by atoms with E-state index in [0.29, 0.717) is 18.5 Å². The van der Waals surface area contributed by atoms with Gasteiger partial charge in [-0.05, 0) is 33.2 Å². The molecule has 0 aromatic heterocycles. The van der Waals surface area contributed by atoms with Crippen LogP contribution in [0.4, 0.5) is 0 Å². The molecule has 2 rings (SSSR count). The summed E-state index contributed by atoms with van der Waals surface area (Å²) in [6.45, 7) is 7.20. The zero-order valence-corrected chi connectivity index (χ0v) is 10.4. The van der Waals surface area contributed by atoms with Crippen molar-refractivity contribution in [2.45, 2.75) is 51.2 Å². The number of nitrogens with zero attached hydrogens (tertiary/aromatic N) is 2. The largest absolute Gasteiger partial charge is 0.337 e. The van der Waals surface area contributed by atoms with E-state index in [9.17, 15) is 4.79 Å². The summed E-state index contributed by atoms with van der Waals surface area (Å²) in [7, 11) is 0. The Balaban J connectivity index is 1.96. The molecule has 2 N–H and O–H groups in total. The summed E-state index contributed by atoms with van der Waals surface area (Å²) in [5.41, 5.74) is 5.69. The minimum absolute atomic E-state index is 0.0266. The predicted molar refractivity (Wildman–Crippen MR) is 64.0 cm³/mol. The van der Waals surface area contributed by atoms with E-state index in [-0.39, 0.29) is 11.9 Å². The molecule has 0 spiro atoms. The minimum Gasteiger partial charge on any atom is -0.337 e. The molecule has 2 aliphatic rings. The molecule has 0 bridgehead atoms. The van der Waals surface area contributed by atoms with E-state index in [4.69, 9.17) is 5.73 Å². The third-order valence-electron chi connectivity index (χ3n) is 3.75. The molecule has 2 aliphatic heterocycles. The van der Waals surface area contributed by atoms with Gasteiger partial charge in [-0.1, -0.05) is 0 Å². The summed E-state index contributed by atoms with van der Waals surface area (Å²) in [5, 5.41) is 0. The Labute approximate surface area is 97.8 Å². The first-order chi connectivity index (χ1) is 7.58. The number of fused-ring (bicyclic) bond motifs is 1. The minimum atomic E-state index is -0.0266. The van der Waals surface area contributed by atoms with Crippen LogP contribution in [0, 0.1) is 0 Å². The molecule has 3 unspecified atom stereocenters. The number of nitrogens with two attached hydrogens (primary N) is 1. The summed E-state index contributed by atoms with van der Waals surface area (Å²) in [6, 6.07) is 0.926. The summed E-state index contributed by atoms with van der Waals surface area (Å²) in [6.07, 6.45) is 3.01. The molecule has 0 aliphatic carbocycles. The van der Waals surface area contributed by atoms with E-state index in [1.165, 1.54) is 19.4 Å². The van der Waals surface area contributed by atoms with Gasteiger partial charge in [0.1, 0.15) is 0 Å². The van der Waals surface area contributed by atoms with Gasteiger partial charge in [-0.3, -0.25) is 9.69 Å². The Kier molecular flexibility index (Phi) is 3.50. The Morgan fingerprint density at radius 3 is 2.94 bits per heavy atom. The van der Waals surface area contributed by atoms with Crippen molar-refractivity contribution in [3.8, 4) is 0 Å². The molecule has 4 nitrogen and oxygen atoms in total. The van der Waals surface area contributed by atoms with Gasteiger partial charge < -0.3 is 10.6 Å². The third-order valence-corrected chi connectivity index (χ3v) is 3.75. The second-order valence-corrected chi connectivity index (χ2v) is 5.37. The maximum absolute atomic E-state index is 12.0. The fourth-order valence-corrected chi connectivity index (χ4v) is 2.93. The summed E-state index contributed by atoms with van der Waals surface area (Å²) < 4.78 is 0. The molecule has 0 radical (unpaired) electrons. The lowest BCUT2D eigenvalue weighted by Gasteiger charge is -2.42. The number of hydrogen-bond acceptors (Lipinski definition) is 3. The van der Waals surface area contributed by atoms with E-state index < -0.39 is 0 Å². The van der Waals surface area contributed by atoms with Gasteiger partial charge in [-0.15, -0.1) is 0 Å². The number of amides is 1. The highest BCUT2D eigenvalue weighted by Crippen LogP contribution is 2.24. The van der Waals surface area contributed by atoms with E-state index in [1.807, 2.05) is 11.8 Å². The number of piperazine rings is 1. The van der Waals surface area contributed by atoms with Crippen molar-refractivity contribution in [2.24, 2.45) is 5.73 Å². The van der Waals surface area contributed by atoms with Crippen LogP contribution in [0.3, 0.4) is 0 Å². The lowest BCUT2D eigenvalue weighted by Crippen LogP contribution is -2.57. The second-order valence-electron chi connectivity index (χ2n) is 5.37. The van der Waals surface area contributed by atoms with Gasteiger partial charge >= 0.3 is 0 Å². The molecular weight excluding hydrogens is 202 g/mol. The highest BCUT2D eigenvalue weighted by molar-refractivity contribution is 5.77. The number of hydrogen-bond donors (Lipinski definition) is 1. The van der Waals surface area contributed by atoms with Gasteiger partial charge in [0.15, 0.2) is 0 Å². The molecule has 0 aromatic rings. The van der Waals surface area contributed by atoms with Gasteiger partial charge in [-0.25, -0.2) is 0 Å². The molecule has 3 atom stereocenters. The Hall–Kier alpha value is -0.610. The Morgan fingerprint density at radius 2 is 2.25 bits per heavy atom. The molecule has 16 heavy (non-hydrogen) atoms. The monoisotopic (exact) mass is 225 g/mol. The SMILES string of the molecule is CC(N)CC(=O)N1CC2CCCN2CC1C. The van der Waals surface area contributed by atoms with Crippen LogP contribution in [0.1, 0.15) is 33.1 Å². The first kappa shape index (κ1) is 11.9. The van der Waals surface area contributed by atoms with Crippen LogP contribution in [-0.4, -0.2) is 53.5 Å². The number of carbonyl (C=O) groups excluding carboxylic acids is 1. The second kappa shape index (κ2) is 4.72. The maximum atomic E-state index is 12.0. The first-order valence-corrected chi connectivity index (χ1v) is 6.37. The normalized spacial score (nSPS) is 32.6. The molecular formula is C12H23N3O. The summed E-state index contributed by atoms with van der Waals surface area (Å²) in [4.78, 5) is 16.6. The van der Waals surface area contributed by atoms with Crippen LogP contribution in [0.15, 0.2) is 0 Å². The standard InChI is InChI=1S/C12H23N3O/c1-9(13)6-12(16)15-8-11-4-3-5-14(11)7-10(15)2/h9-11H,3-8,13H2,1-2H3. The fraction of sp³-hybridized carbons (Fsp3) is 0.917. The average molecular weight is 225 g/mol. The van der Waals surface area contributed by atoms with Crippen molar-refractivity contribution in [2.75, 3.05) is 19.6 Å². The van der Waals surface area contributed by atoms with Gasteiger partial charge in [0.25, 0.3) is 0 Å². The zero-order chi connectivity index (χ0) is 11.7. The number of rotatable bonds is 2. The van der Waals surface area contributed by atoms with Gasteiger partial charge in [0.2, 0.25) is 5.91 Å². The average Bonchev–Trinajstić information content (AvgIpc) is 2.61. The topological polar surface area (TPSA) is 49.6 Å². The highest BCUT2D eigenvalue weighted by atomic mass is 16.2. The summed E-state index contributed by atoms with van der Waals surface area (Å²) >= 11 is 0. The predicted octanol–water partition coefficient (Wildman–Crippen LogP) is 0.419.